The summed E-state index contributed by atoms with van der Waals surface area (Å²) in [6.45, 7) is 7.29. The molecule has 0 saturated heterocycles. The SMILES string of the molecule is CCCN(CCC)S(=O)(=O)NCC1(O)CCC(C)CC1. The van der Waals surface area contributed by atoms with E-state index in [0.717, 1.165) is 25.7 Å². The third-order valence-electron chi connectivity index (χ3n) is 4.07. The quantitative estimate of drug-likeness (QED) is 0.719. The van der Waals surface area contributed by atoms with Gasteiger partial charge in [0.1, 0.15) is 0 Å². The van der Waals surface area contributed by atoms with Crippen molar-refractivity contribution in [1.82, 2.24) is 9.03 Å². The maximum absolute atomic E-state index is 12.3. The molecule has 0 radical (unpaired) electrons. The first-order valence-corrected chi connectivity index (χ1v) is 9.24. The fourth-order valence-corrected chi connectivity index (χ4v) is 4.12. The first-order chi connectivity index (χ1) is 9.33. The molecular formula is C14H30N2O3S. The highest BCUT2D eigenvalue weighted by atomic mass is 32.2. The second kappa shape index (κ2) is 7.73. The van der Waals surface area contributed by atoms with Gasteiger partial charge in [-0.1, -0.05) is 20.8 Å². The van der Waals surface area contributed by atoms with Crippen LogP contribution in [0.5, 0.6) is 0 Å². The zero-order valence-corrected chi connectivity index (χ0v) is 13.9. The number of rotatable bonds is 8. The van der Waals surface area contributed by atoms with Crippen LogP contribution in [0, 0.1) is 5.92 Å². The van der Waals surface area contributed by atoms with E-state index in [0.29, 0.717) is 31.8 Å². The van der Waals surface area contributed by atoms with Crippen molar-refractivity contribution in [3.63, 3.8) is 0 Å². The Morgan fingerprint density at radius 1 is 1.20 bits per heavy atom. The lowest BCUT2D eigenvalue weighted by molar-refractivity contribution is -0.00211. The standard InChI is InChI=1S/C14H30N2O3S/c1-4-10-16(11-5-2)20(18,19)15-12-14(17)8-6-13(3)7-9-14/h13,15,17H,4-12H2,1-3H3. The largest absolute Gasteiger partial charge is 0.389 e. The molecule has 1 aliphatic carbocycles. The van der Waals surface area contributed by atoms with Crippen LogP contribution >= 0.6 is 0 Å². The third-order valence-corrected chi connectivity index (χ3v) is 5.63. The van der Waals surface area contributed by atoms with Crippen molar-refractivity contribution in [1.29, 1.82) is 0 Å². The molecule has 6 heteroatoms. The summed E-state index contributed by atoms with van der Waals surface area (Å²) in [6.07, 6.45) is 4.87. The zero-order valence-electron chi connectivity index (χ0n) is 13.1. The molecule has 0 aromatic heterocycles. The van der Waals surface area contributed by atoms with Crippen molar-refractivity contribution < 1.29 is 13.5 Å². The third kappa shape index (κ3) is 5.31. The predicted molar refractivity (Wildman–Crippen MR) is 81.7 cm³/mol. The van der Waals surface area contributed by atoms with E-state index in [1.165, 1.54) is 4.31 Å². The second-order valence-electron chi connectivity index (χ2n) is 6.13. The number of aliphatic hydroxyl groups is 1. The summed E-state index contributed by atoms with van der Waals surface area (Å²) in [6, 6.07) is 0. The maximum Gasteiger partial charge on any atom is 0.279 e. The van der Waals surface area contributed by atoms with E-state index in [4.69, 9.17) is 0 Å². The molecule has 0 aromatic carbocycles. The molecule has 0 bridgehead atoms. The summed E-state index contributed by atoms with van der Waals surface area (Å²) in [7, 11) is -3.47. The lowest BCUT2D eigenvalue weighted by atomic mass is 9.80. The average Bonchev–Trinajstić information content (AvgIpc) is 2.40. The van der Waals surface area contributed by atoms with Crippen LogP contribution in [0.25, 0.3) is 0 Å². The van der Waals surface area contributed by atoms with Crippen LogP contribution in [0.15, 0.2) is 0 Å². The lowest BCUT2D eigenvalue weighted by Gasteiger charge is -2.35. The van der Waals surface area contributed by atoms with Gasteiger partial charge in [0.05, 0.1) is 5.60 Å². The topological polar surface area (TPSA) is 69.6 Å². The van der Waals surface area contributed by atoms with E-state index in [-0.39, 0.29) is 6.54 Å². The molecule has 0 amide bonds. The Balaban J connectivity index is 2.57. The van der Waals surface area contributed by atoms with Gasteiger partial charge in [-0.05, 0) is 44.4 Å². The van der Waals surface area contributed by atoms with Gasteiger partial charge in [0.2, 0.25) is 0 Å². The molecule has 0 heterocycles. The van der Waals surface area contributed by atoms with E-state index in [1.807, 2.05) is 13.8 Å². The van der Waals surface area contributed by atoms with Crippen molar-refractivity contribution in [2.45, 2.75) is 64.9 Å². The lowest BCUT2D eigenvalue weighted by Crippen LogP contribution is -2.49. The second-order valence-corrected chi connectivity index (χ2v) is 7.89. The van der Waals surface area contributed by atoms with Gasteiger partial charge < -0.3 is 5.11 Å². The fraction of sp³-hybridized carbons (Fsp3) is 1.00. The first kappa shape index (κ1) is 17.9. The summed E-state index contributed by atoms with van der Waals surface area (Å²) in [5, 5.41) is 10.4. The Bertz CT molecular complexity index is 370. The molecule has 1 aliphatic rings. The van der Waals surface area contributed by atoms with E-state index in [2.05, 4.69) is 11.6 Å². The normalized spacial score (nSPS) is 27.9. The smallest absolute Gasteiger partial charge is 0.279 e. The molecule has 1 fully saturated rings. The Morgan fingerprint density at radius 3 is 2.15 bits per heavy atom. The Kier molecular flexibility index (Phi) is 6.91. The predicted octanol–water partition coefficient (Wildman–Crippen LogP) is 1.88. The van der Waals surface area contributed by atoms with E-state index in [1.54, 1.807) is 0 Å². The van der Waals surface area contributed by atoms with Gasteiger partial charge in [-0.3, -0.25) is 0 Å². The molecule has 5 nitrogen and oxygen atoms in total. The highest BCUT2D eigenvalue weighted by Crippen LogP contribution is 2.31. The van der Waals surface area contributed by atoms with Crippen molar-refractivity contribution >= 4 is 10.2 Å². The van der Waals surface area contributed by atoms with Crippen LogP contribution in [0.4, 0.5) is 0 Å². The van der Waals surface area contributed by atoms with Crippen LogP contribution in [0.2, 0.25) is 0 Å². The van der Waals surface area contributed by atoms with Crippen LogP contribution < -0.4 is 4.72 Å². The first-order valence-electron chi connectivity index (χ1n) is 7.80. The number of hydrogen-bond donors (Lipinski definition) is 2. The number of nitrogens with one attached hydrogen (secondary N) is 1. The molecule has 1 rings (SSSR count). The van der Waals surface area contributed by atoms with Crippen LogP contribution in [-0.4, -0.2) is 43.1 Å². The Morgan fingerprint density at radius 2 is 1.70 bits per heavy atom. The van der Waals surface area contributed by atoms with Gasteiger partial charge in [0.15, 0.2) is 0 Å². The van der Waals surface area contributed by atoms with Gasteiger partial charge in [-0.25, -0.2) is 0 Å². The molecule has 0 aliphatic heterocycles. The van der Waals surface area contributed by atoms with Gasteiger partial charge >= 0.3 is 0 Å². The summed E-state index contributed by atoms with van der Waals surface area (Å²) >= 11 is 0. The Hall–Kier alpha value is -0.170. The molecule has 2 N–H and O–H groups in total. The van der Waals surface area contributed by atoms with Crippen LogP contribution in [-0.2, 0) is 10.2 Å². The maximum atomic E-state index is 12.3. The van der Waals surface area contributed by atoms with Crippen molar-refractivity contribution in [3.05, 3.63) is 0 Å². The molecule has 0 unspecified atom stereocenters. The van der Waals surface area contributed by atoms with Gasteiger partial charge in [-0.15, -0.1) is 0 Å². The molecule has 20 heavy (non-hydrogen) atoms. The highest BCUT2D eigenvalue weighted by Gasteiger charge is 2.33. The minimum absolute atomic E-state index is 0.131. The minimum Gasteiger partial charge on any atom is -0.389 e. The van der Waals surface area contributed by atoms with Crippen molar-refractivity contribution in [3.8, 4) is 0 Å². The molecule has 120 valence electrons. The molecule has 0 aromatic rings. The van der Waals surface area contributed by atoms with E-state index < -0.39 is 15.8 Å². The summed E-state index contributed by atoms with van der Waals surface area (Å²) < 4.78 is 28.6. The van der Waals surface area contributed by atoms with Crippen LogP contribution in [0.3, 0.4) is 0 Å². The summed E-state index contributed by atoms with van der Waals surface area (Å²) in [5.41, 5.74) is -0.871. The molecule has 1 saturated carbocycles. The molecule has 0 atom stereocenters. The minimum atomic E-state index is -3.47. The summed E-state index contributed by atoms with van der Waals surface area (Å²) in [5.74, 6) is 0.628. The Labute approximate surface area is 123 Å². The van der Waals surface area contributed by atoms with Gasteiger partial charge in [-0.2, -0.15) is 17.4 Å². The monoisotopic (exact) mass is 306 g/mol. The van der Waals surface area contributed by atoms with E-state index in [9.17, 15) is 13.5 Å². The van der Waals surface area contributed by atoms with Crippen molar-refractivity contribution in [2.24, 2.45) is 5.92 Å². The van der Waals surface area contributed by atoms with E-state index >= 15 is 0 Å². The number of hydrogen-bond acceptors (Lipinski definition) is 3. The average molecular weight is 306 g/mol. The highest BCUT2D eigenvalue weighted by molar-refractivity contribution is 7.87. The number of nitrogens with zero attached hydrogens (tertiary/aromatic N) is 1. The van der Waals surface area contributed by atoms with Gasteiger partial charge in [0, 0.05) is 19.6 Å². The van der Waals surface area contributed by atoms with Gasteiger partial charge in [0.25, 0.3) is 10.2 Å². The zero-order chi connectivity index (χ0) is 15.2. The molecule has 0 spiro atoms. The van der Waals surface area contributed by atoms with Crippen LogP contribution in [0.1, 0.15) is 59.3 Å². The van der Waals surface area contributed by atoms with Crippen molar-refractivity contribution in [2.75, 3.05) is 19.6 Å². The molecular weight excluding hydrogens is 276 g/mol. The fourth-order valence-electron chi connectivity index (χ4n) is 2.64. The summed E-state index contributed by atoms with van der Waals surface area (Å²) in [4.78, 5) is 0.